The van der Waals surface area contributed by atoms with Crippen LogP contribution in [0.25, 0.3) is 11.1 Å². The summed E-state index contributed by atoms with van der Waals surface area (Å²) in [4.78, 5) is 0. The molecule has 0 aliphatic heterocycles. The molecular formula is C13H9Cl4N. The van der Waals surface area contributed by atoms with Crippen LogP contribution < -0.4 is 5.73 Å². The van der Waals surface area contributed by atoms with Gasteiger partial charge < -0.3 is 5.73 Å². The number of rotatable bonds is 2. The summed E-state index contributed by atoms with van der Waals surface area (Å²) in [5, 5.41) is 2.02. The van der Waals surface area contributed by atoms with Crippen molar-refractivity contribution in [1.82, 2.24) is 0 Å². The van der Waals surface area contributed by atoms with E-state index in [-0.39, 0.29) is 0 Å². The second-order valence-corrected chi connectivity index (χ2v) is 5.41. The highest BCUT2D eigenvalue weighted by molar-refractivity contribution is 6.45. The lowest BCUT2D eigenvalue weighted by atomic mass is 9.99. The maximum atomic E-state index is 6.20. The molecule has 0 heterocycles. The lowest BCUT2D eigenvalue weighted by molar-refractivity contribution is 1.07. The summed E-state index contributed by atoms with van der Waals surface area (Å²) in [7, 11) is 0. The van der Waals surface area contributed by atoms with Crippen molar-refractivity contribution in [3.05, 3.63) is 56.0 Å². The molecule has 0 fully saturated rings. The molecule has 0 saturated heterocycles. The molecular weight excluding hydrogens is 312 g/mol. The number of hydrogen-bond acceptors (Lipinski definition) is 1. The topological polar surface area (TPSA) is 26.0 Å². The highest BCUT2D eigenvalue weighted by Gasteiger charge is 2.12. The smallest absolute Gasteiger partial charge is 0.0671 e. The van der Waals surface area contributed by atoms with Crippen LogP contribution in [0.15, 0.2) is 30.3 Å². The molecule has 0 aliphatic carbocycles. The van der Waals surface area contributed by atoms with Gasteiger partial charge in [0.05, 0.1) is 10.0 Å². The molecule has 0 radical (unpaired) electrons. The van der Waals surface area contributed by atoms with E-state index in [0.29, 0.717) is 26.6 Å². The SMILES string of the molecule is NCc1cc(Cl)ccc1-c1cc(Cl)cc(Cl)c1Cl. The van der Waals surface area contributed by atoms with Crippen molar-refractivity contribution in [3.8, 4) is 11.1 Å². The number of hydrogen-bond donors (Lipinski definition) is 1. The van der Waals surface area contributed by atoms with Crippen LogP contribution in [0.1, 0.15) is 5.56 Å². The molecule has 1 nitrogen and oxygen atoms in total. The standard InChI is InChI=1S/C13H9Cl4N/c14-8-1-2-10(7(3-8)6-18)11-4-9(15)5-12(16)13(11)17/h1-5H,6,18H2. The van der Waals surface area contributed by atoms with E-state index in [1.54, 1.807) is 18.2 Å². The van der Waals surface area contributed by atoms with Gasteiger partial charge in [0.2, 0.25) is 0 Å². The van der Waals surface area contributed by atoms with Gasteiger partial charge in [0.15, 0.2) is 0 Å². The van der Waals surface area contributed by atoms with Gasteiger partial charge in [-0.3, -0.25) is 0 Å². The Bertz CT molecular complexity index is 596. The normalized spacial score (nSPS) is 10.7. The highest BCUT2D eigenvalue weighted by Crippen LogP contribution is 2.38. The Labute approximate surface area is 125 Å². The minimum atomic E-state index is 0.357. The molecule has 2 aromatic rings. The zero-order chi connectivity index (χ0) is 13.3. The van der Waals surface area contributed by atoms with Gasteiger partial charge >= 0.3 is 0 Å². The molecule has 0 atom stereocenters. The fourth-order valence-corrected chi connectivity index (χ4v) is 2.64. The zero-order valence-corrected chi connectivity index (χ0v) is 12.2. The molecule has 0 spiro atoms. The van der Waals surface area contributed by atoms with Crippen molar-refractivity contribution in [2.45, 2.75) is 6.54 Å². The molecule has 94 valence electrons. The Balaban J connectivity index is 2.69. The minimum Gasteiger partial charge on any atom is -0.326 e. The lowest BCUT2D eigenvalue weighted by Gasteiger charge is -2.12. The van der Waals surface area contributed by atoms with Crippen LogP contribution in [0.3, 0.4) is 0 Å². The summed E-state index contributed by atoms with van der Waals surface area (Å²) in [6.07, 6.45) is 0. The molecule has 0 aliphatic rings. The molecule has 0 unspecified atom stereocenters. The molecule has 0 bridgehead atoms. The van der Waals surface area contributed by atoms with Gasteiger partial charge in [-0.05, 0) is 35.4 Å². The molecule has 18 heavy (non-hydrogen) atoms. The highest BCUT2D eigenvalue weighted by atomic mass is 35.5. The van der Waals surface area contributed by atoms with Gasteiger partial charge in [-0.2, -0.15) is 0 Å². The number of halogens is 4. The molecule has 5 heteroatoms. The lowest BCUT2D eigenvalue weighted by Crippen LogP contribution is -1.99. The van der Waals surface area contributed by atoms with Gasteiger partial charge in [-0.1, -0.05) is 52.5 Å². The van der Waals surface area contributed by atoms with Gasteiger partial charge in [0.25, 0.3) is 0 Å². The first-order valence-electron chi connectivity index (χ1n) is 5.16. The van der Waals surface area contributed by atoms with E-state index < -0.39 is 0 Å². The van der Waals surface area contributed by atoms with E-state index in [4.69, 9.17) is 52.1 Å². The zero-order valence-electron chi connectivity index (χ0n) is 9.18. The predicted octanol–water partition coefficient (Wildman–Crippen LogP) is 5.43. The summed E-state index contributed by atoms with van der Waals surface area (Å²) in [5.74, 6) is 0. The van der Waals surface area contributed by atoms with Gasteiger partial charge in [-0.25, -0.2) is 0 Å². The van der Waals surface area contributed by atoms with Crippen molar-refractivity contribution >= 4 is 46.4 Å². The van der Waals surface area contributed by atoms with E-state index in [9.17, 15) is 0 Å². The van der Waals surface area contributed by atoms with Crippen molar-refractivity contribution < 1.29 is 0 Å². The van der Waals surface area contributed by atoms with Gasteiger partial charge in [0.1, 0.15) is 0 Å². The summed E-state index contributed by atoms with van der Waals surface area (Å²) in [6, 6.07) is 8.81. The maximum absolute atomic E-state index is 6.20. The maximum Gasteiger partial charge on any atom is 0.0671 e. The van der Waals surface area contributed by atoms with Crippen LogP contribution in [0.2, 0.25) is 20.1 Å². The van der Waals surface area contributed by atoms with E-state index in [0.717, 1.165) is 16.7 Å². The Morgan fingerprint density at radius 2 is 1.56 bits per heavy atom. The van der Waals surface area contributed by atoms with Crippen molar-refractivity contribution in [2.24, 2.45) is 5.73 Å². The van der Waals surface area contributed by atoms with Crippen LogP contribution in [0, 0.1) is 0 Å². The summed E-state index contributed by atoms with van der Waals surface area (Å²) in [5.41, 5.74) is 8.25. The van der Waals surface area contributed by atoms with Crippen molar-refractivity contribution in [3.63, 3.8) is 0 Å². The molecule has 0 saturated carbocycles. The largest absolute Gasteiger partial charge is 0.326 e. The third-order valence-corrected chi connectivity index (χ3v) is 3.83. The average Bonchev–Trinajstić information content (AvgIpc) is 2.34. The first kappa shape index (κ1) is 14.0. The molecule has 2 rings (SSSR count). The van der Waals surface area contributed by atoms with Crippen LogP contribution >= 0.6 is 46.4 Å². The molecule has 2 N–H and O–H groups in total. The van der Waals surface area contributed by atoms with Crippen LogP contribution in [-0.2, 0) is 6.54 Å². The number of benzene rings is 2. The van der Waals surface area contributed by atoms with E-state index in [1.165, 1.54) is 0 Å². The van der Waals surface area contributed by atoms with Crippen molar-refractivity contribution in [1.29, 1.82) is 0 Å². The molecule has 0 aromatic heterocycles. The number of nitrogens with two attached hydrogens (primary N) is 1. The van der Waals surface area contributed by atoms with Crippen molar-refractivity contribution in [2.75, 3.05) is 0 Å². The van der Waals surface area contributed by atoms with E-state index >= 15 is 0 Å². The van der Waals surface area contributed by atoms with Gasteiger partial charge in [0, 0.05) is 22.2 Å². The van der Waals surface area contributed by atoms with E-state index in [2.05, 4.69) is 0 Å². The average molecular weight is 321 g/mol. The summed E-state index contributed by atoms with van der Waals surface area (Å²) in [6.45, 7) is 0.357. The molecule has 0 amide bonds. The predicted molar refractivity (Wildman–Crippen MR) is 79.8 cm³/mol. The Kier molecular flexibility index (Phi) is 4.41. The second kappa shape index (κ2) is 5.68. The van der Waals surface area contributed by atoms with Gasteiger partial charge in [-0.15, -0.1) is 0 Å². The monoisotopic (exact) mass is 319 g/mol. The minimum absolute atomic E-state index is 0.357. The summed E-state index contributed by atoms with van der Waals surface area (Å²) >= 11 is 24.2. The van der Waals surface area contributed by atoms with Crippen LogP contribution in [0.4, 0.5) is 0 Å². The fraction of sp³-hybridized carbons (Fsp3) is 0.0769. The first-order valence-corrected chi connectivity index (χ1v) is 6.67. The van der Waals surface area contributed by atoms with E-state index in [1.807, 2.05) is 12.1 Å². The third kappa shape index (κ3) is 2.76. The van der Waals surface area contributed by atoms with Crippen LogP contribution in [0.5, 0.6) is 0 Å². The fourth-order valence-electron chi connectivity index (χ4n) is 1.75. The Hall–Kier alpha value is -0.440. The Morgan fingerprint density at radius 1 is 0.833 bits per heavy atom. The molecule has 2 aromatic carbocycles. The third-order valence-electron chi connectivity index (χ3n) is 2.57. The summed E-state index contributed by atoms with van der Waals surface area (Å²) < 4.78 is 0. The first-order chi connectivity index (χ1) is 8.52. The van der Waals surface area contributed by atoms with Crippen LogP contribution in [-0.4, -0.2) is 0 Å². The second-order valence-electron chi connectivity index (χ2n) is 3.75. The Morgan fingerprint density at radius 3 is 2.22 bits per heavy atom. The quantitative estimate of drug-likeness (QED) is 0.734.